The van der Waals surface area contributed by atoms with Crippen LogP contribution < -0.4 is 0 Å². The lowest BCUT2D eigenvalue weighted by Gasteiger charge is -2.34. The van der Waals surface area contributed by atoms with Gasteiger partial charge in [-0.2, -0.15) is 9.78 Å². The lowest BCUT2D eigenvalue weighted by Crippen LogP contribution is -2.48. The summed E-state index contributed by atoms with van der Waals surface area (Å²) in [5.41, 5.74) is -1.95. The van der Waals surface area contributed by atoms with Gasteiger partial charge >= 0.3 is 17.7 Å². The van der Waals surface area contributed by atoms with Crippen LogP contribution in [0.5, 0.6) is 0 Å². The number of esters is 2. The molecule has 1 atom stereocenters. The van der Waals surface area contributed by atoms with Crippen molar-refractivity contribution >= 4 is 11.9 Å². The van der Waals surface area contributed by atoms with Gasteiger partial charge in [0.2, 0.25) is 0 Å². The minimum absolute atomic E-state index is 0.154. The van der Waals surface area contributed by atoms with Gasteiger partial charge in [0.1, 0.15) is 11.2 Å². The summed E-state index contributed by atoms with van der Waals surface area (Å²) in [6.07, 6.45) is 0.154. The molecule has 0 saturated carbocycles. The van der Waals surface area contributed by atoms with E-state index in [0.29, 0.717) is 0 Å². The first kappa shape index (κ1) is 19.9. The SMILES string of the molecule is CC(CC(=O)OC(C)(C)C)C(C)(C)C1(C(=O)OC(C)(C)C)OO1. The molecule has 6 heteroatoms. The highest BCUT2D eigenvalue weighted by atomic mass is 17.4. The zero-order valence-corrected chi connectivity index (χ0v) is 15.7. The summed E-state index contributed by atoms with van der Waals surface area (Å²) in [6.45, 7) is 16.3. The summed E-state index contributed by atoms with van der Waals surface area (Å²) in [7, 11) is 0. The Hall–Kier alpha value is -1.14. The van der Waals surface area contributed by atoms with Crippen molar-refractivity contribution in [2.75, 3.05) is 0 Å². The van der Waals surface area contributed by atoms with Crippen molar-refractivity contribution in [3.63, 3.8) is 0 Å². The van der Waals surface area contributed by atoms with Gasteiger partial charge in [-0.25, -0.2) is 4.79 Å². The van der Waals surface area contributed by atoms with Gasteiger partial charge in [-0.15, -0.1) is 0 Å². The van der Waals surface area contributed by atoms with Crippen LogP contribution >= 0.6 is 0 Å². The van der Waals surface area contributed by atoms with Gasteiger partial charge in [0.25, 0.3) is 0 Å². The number of carbonyl (C=O) groups is 2. The summed E-state index contributed by atoms with van der Waals surface area (Å²) < 4.78 is 10.7. The molecular weight excluding hydrogens is 300 g/mol. The quantitative estimate of drug-likeness (QED) is 0.437. The van der Waals surface area contributed by atoms with Crippen molar-refractivity contribution in [1.82, 2.24) is 0 Å². The van der Waals surface area contributed by atoms with Crippen LogP contribution in [0.3, 0.4) is 0 Å². The van der Waals surface area contributed by atoms with E-state index in [-0.39, 0.29) is 18.3 Å². The first-order chi connectivity index (χ1) is 10.1. The monoisotopic (exact) mass is 330 g/mol. The number of ether oxygens (including phenoxy) is 2. The van der Waals surface area contributed by atoms with Crippen LogP contribution in [-0.2, 0) is 28.8 Å². The van der Waals surface area contributed by atoms with Crippen LogP contribution in [0.2, 0.25) is 0 Å². The Labute approximate surface area is 138 Å². The predicted octanol–water partition coefficient (Wildman–Crippen LogP) is 3.38. The van der Waals surface area contributed by atoms with E-state index < -0.39 is 28.4 Å². The third-order valence-corrected chi connectivity index (χ3v) is 3.89. The molecule has 1 saturated heterocycles. The van der Waals surface area contributed by atoms with Crippen LogP contribution in [0.15, 0.2) is 0 Å². The Morgan fingerprint density at radius 2 is 1.35 bits per heavy atom. The van der Waals surface area contributed by atoms with Crippen molar-refractivity contribution in [3.05, 3.63) is 0 Å². The highest BCUT2D eigenvalue weighted by Gasteiger charge is 2.70. The highest BCUT2D eigenvalue weighted by Crippen LogP contribution is 2.52. The Kier molecular flexibility index (Phi) is 5.24. The molecule has 23 heavy (non-hydrogen) atoms. The van der Waals surface area contributed by atoms with Gasteiger partial charge in [-0.1, -0.05) is 20.8 Å². The molecule has 0 radical (unpaired) electrons. The molecule has 1 heterocycles. The smallest absolute Gasteiger partial charge is 0.373 e. The zero-order valence-electron chi connectivity index (χ0n) is 15.7. The van der Waals surface area contributed by atoms with Crippen LogP contribution in [0.4, 0.5) is 0 Å². The second kappa shape index (κ2) is 6.06. The molecule has 0 bridgehead atoms. The maximum atomic E-state index is 12.4. The first-order valence-corrected chi connectivity index (χ1v) is 7.93. The van der Waals surface area contributed by atoms with Crippen molar-refractivity contribution in [2.24, 2.45) is 11.3 Å². The molecule has 0 aliphatic carbocycles. The summed E-state index contributed by atoms with van der Waals surface area (Å²) in [5, 5.41) is 0. The van der Waals surface area contributed by atoms with Crippen molar-refractivity contribution in [1.29, 1.82) is 0 Å². The number of rotatable bonds is 5. The third-order valence-electron chi connectivity index (χ3n) is 3.89. The fraction of sp³-hybridized carbons (Fsp3) is 0.882. The predicted molar refractivity (Wildman–Crippen MR) is 84.2 cm³/mol. The minimum atomic E-state index is -1.47. The van der Waals surface area contributed by atoms with E-state index in [1.165, 1.54) is 0 Å². The largest absolute Gasteiger partial charge is 0.460 e. The van der Waals surface area contributed by atoms with E-state index >= 15 is 0 Å². The molecule has 1 aliphatic rings. The molecule has 134 valence electrons. The summed E-state index contributed by atoms with van der Waals surface area (Å²) in [5.74, 6) is -2.58. The van der Waals surface area contributed by atoms with Gasteiger partial charge in [-0.05, 0) is 47.5 Å². The standard InChI is InChI=1S/C17H30O6/c1-11(10-12(18)20-14(2,3)4)16(8,9)17(22-23-17)13(19)21-15(5,6)7/h11H,10H2,1-9H3. The minimum Gasteiger partial charge on any atom is -0.460 e. The van der Waals surface area contributed by atoms with Crippen molar-refractivity contribution in [3.8, 4) is 0 Å². The molecule has 0 aromatic rings. The Morgan fingerprint density at radius 3 is 1.70 bits per heavy atom. The van der Waals surface area contributed by atoms with Gasteiger partial charge in [0.05, 0.1) is 0 Å². The molecule has 0 aromatic heterocycles. The molecule has 1 aliphatic heterocycles. The van der Waals surface area contributed by atoms with Gasteiger partial charge in [0.15, 0.2) is 0 Å². The van der Waals surface area contributed by atoms with Crippen molar-refractivity contribution in [2.45, 2.75) is 85.7 Å². The maximum absolute atomic E-state index is 12.4. The maximum Gasteiger partial charge on any atom is 0.373 e. The molecule has 6 nitrogen and oxygen atoms in total. The number of carbonyl (C=O) groups excluding carboxylic acids is 2. The molecule has 1 unspecified atom stereocenters. The third kappa shape index (κ3) is 4.91. The molecule has 0 amide bonds. The lowest BCUT2D eigenvalue weighted by atomic mass is 9.72. The molecule has 0 aromatic carbocycles. The molecule has 0 N–H and O–H groups in total. The molecule has 1 fully saturated rings. The van der Waals surface area contributed by atoms with Gasteiger partial charge in [-0.3, -0.25) is 4.79 Å². The Morgan fingerprint density at radius 1 is 0.913 bits per heavy atom. The first-order valence-electron chi connectivity index (χ1n) is 7.93. The van der Waals surface area contributed by atoms with Crippen LogP contribution in [-0.4, -0.2) is 28.9 Å². The van der Waals surface area contributed by atoms with E-state index in [2.05, 4.69) is 0 Å². The Bertz CT molecular complexity index is 462. The average Bonchev–Trinajstić information content (AvgIpc) is 3.04. The fourth-order valence-electron chi connectivity index (χ4n) is 2.15. The van der Waals surface area contributed by atoms with Gasteiger partial charge < -0.3 is 9.47 Å². The summed E-state index contributed by atoms with van der Waals surface area (Å²) in [4.78, 5) is 34.6. The summed E-state index contributed by atoms with van der Waals surface area (Å²) >= 11 is 0. The van der Waals surface area contributed by atoms with Crippen LogP contribution in [0, 0.1) is 11.3 Å². The molecule has 1 rings (SSSR count). The van der Waals surface area contributed by atoms with Gasteiger partial charge in [0, 0.05) is 11.8 Å². The molecular formula is C17H30O6. The van der Waals surface area contributed by atoms with Crippen LogP contribution in [0.1, 0.15) is 68.7 Å². The fourth-order valence-corrected chi connectivity index (χ4v) is 2.15. The normalized spacial score (nSPS) is 19.0. The van der Waals surface area contributed by atoms with E-state index in [0.717, 1.165) is 0 Å². The zero-order chi connectivity index (χ0) is 18.3. The van der Waals surface area contributed by atoms with Crippen LogP contribution in [0.25, 0.3) is 0 Å². The van der Waals surface area contributed by atoms with E-state index in [9.17, 15) is 9.59 Å². The number of hydrogen-bond acceptors (Lipinski definition) is 6. The number of hydrogen-bond donors (Lipinski definition) is 0. The molecule has 0 spiro atoms. The van der Waals surface area contributed by atoms with E-state index in [4.69, 9.17) is 19.2 Å². The van der Waals surface area contributed by atoms with E-state index in [1.54, 1.807) is 20.8 Å². The van der Waals surface area contributed by atoms with E-state index in [1.807, 2.05) is 41.5 Å². The average molecular weight is 330 g/mol. The lowest BCUT2D eigenvalue weighted by molar-refractivity contribution is -0.172. The summed E-state index contributed by atoms with van der Waals surface area (Å²) in [6, 6.07) is 0. The topological polar surface area (TPSA) is 77.7 Å². The highest BCUT2D eigenvalue weighted by molar-refractivity contribution is 5.81. The second-order valence-corrected chi connectivity index (χ2v) is 8.70. The van der Waals surface area contributed by atoms with Crippen molar-refractivity contribution < 1.29 is 28.8 Å². The second-order valence-electron chi connectivity index (χ2n) is 8.70. The Balaban J connectivity index is 2.81.